The van der Waals surface area contributed by atoms with E-state index in [1.54, 1.807) is 0 Å². The Kier molecular flexibility index (Phi) is 8.15. The highest BCUT2D eigenvalue weighted by molar-refractivity contribution is 7.99. The molecular formula is C51H37N3S. The van der Waals surface area contributed by atoms with Crippen LogP contribution < -0.4 is 0 Å². The summed E-state index contributed by atoms with van der Waals surface area (Å²) in [6, 6.07) is 50.9. The molecule has 3 aliphatic rings. The molecule has 3 nitrogen and oxygen atoms in total. The van der Waals surface area contributed by atoms with Gasteiger partial charge in [0, 0.05) is 38.3 Å². The number of aliphatic imine (C=N–C) groups is 1. The topological polar surface area (TPSA) is 38.1 Å². The number of allylic oxidation sites excluding steroid dienone is 4. The van der Waals surface area contributed by atoms with Crippen LogP contribution in [0.15, 0.2) is 179 Å². The van der Waals surface area contributed by atoms with Gasteiger partial charge in [-0.05, 0) is 82.5 Å². The summed E-state index contributed by atoms with van der Waals surface area (Å²) in [6.45, 7) is 6.05. The average Bonchev–Trinajstić information content (AvgIpc) is 3.54. The smallest absolute Gasteiger partial charge is 0.156 e. The fourth-order valence-corrected chi connectivity index (χ4v) is 10.0. The summed E-state index contributed by atoms with van der Waals surface area (Å²) in [7, 11) is 0. The van der Waals surface area contributed by atoms with Crippen molar-refractivity contribution in [2.75, 3.05) is 0 Å². The molecule has 2 heterocycles. The van der Waals surface area contributed by atoms with Crippen molar-refractivity contribution in [1.82, 2.24) is 9.97 Å². The molecule has 0 atom stereocenters. The molecule has 1 spiro atoms. The van der Waals surface area contributed by atoms with Gasteiger partial charge in [0.1, 0.15) is 0 Å². The first kappa shape index (κ1) is 33.2. The maximum atomic E-state index is 5.26. The molecular weight excluding hydrogens is 687 g/mol. The van der Waals surface area contributed by atoms with E-state index >= 15 is 0 Å². The van der Waals surface area contributed by atoms with E-state index < -0.39 is 5.41 Å². The van der Waals surface area contributed by atoms with Crippen LogP contribution in [0.25, 0.3) is 56.4 Å². The van der Waals surface area contributed by atoms with Crippen LogP contribution in [-0.4, -0.2) is 16.2 Å². The van der Waals surface area contributed by atoms with Crippen molar-refractivity contribution in [3.05, 3.63) is 198 Å². The predicted octanol–water partition coefficient (Wildman–Crippen LogP) is 13.4. The molecule has 1 aliphatic heterocycles. The third-order valence-electron chi connectivity index (χ3n) is 11.2. The van der Waals surface area contributed by atoms with Gasteiger partial charge in [-0.25, -0.2) is 9.97 Å². The van der Waals surface area contributed by atoms with E-state index in [1.807, 2.05) is 37.0 Å². The molecule has 4 heteroatoms. The summed E-state index contributed by atoms with van der Waals surface area (Å²) in [6.07, 6.45) is 12.2. The SMILES string of the molecule is C=Cc1cccc(-c2ccc3c(c2)Sc2cc(-c4cc(-c5ccccc5)nc(C5=CC=CCC5)n4)ccc2C32c3ccccc3-c3ccccc32)c1N=CC. The second kappa shape index (κ2) is 13.5. The Morgan fingerprint density at radius 3 is 1.95 bits per heavy atom. The highest BCUT2D eigenvalue weighted by atomic mass is 32.2. The summed E-state index contributed by atoms with van der Waals surface area (Å²) in [4.78, 5) is 17.7. The zero-order valence-electron chi connectivity index (χ0n) is 30.5. The van der Waals surface area contributed by atoms with Crippen molar-refractivity contribution in [2.24, 2.45) is 4.99 Å². The maximum absolute atomic E-state index is 5.26. The van der Waals surface area contributed by atoms with Crippen LogP contribution in [0.4, 0.5) is 5.69 Å². The van der Waals surface area contributed by atoms with Gasteiger partial charge in [-0.15, -0.1) is 0 Å². The Bertz CT molecular complexity index is 2730. The lowest BCUT2D eigenvalue weighted by molar-refractivity contribution is 0.723. The summed E-state index contributed by atoms with van der Waals surface area (Å²) < 4.78 is 0. The van der Waals surface area contributed by atoms with Crippen molar-refractivity contribution in [3.63, 3.8) is 0 Å². The summed E-state index contributed by atoms with van der Waals surface area (Å²) in [5.74, 6) is 0.795. The first-order valence-electron chi connectivity index (χ1n) is 18.9. The number of benzene rings is 6. The van der Waals surface area contributed by atoms with Gasteiger partial charge in [0.2, 0.25) is 0 Å². The lowest BCUT2D eigenvalue weighted by atomic mass is 9.67. The molecule has 0 radical (unpaired) electrons. The molecule has 7 aromatic rings. The summed E-state index contributed by atoms with van der Waals surface area (Å²) in [5, 5.41) is 0. The summed E-state index contributed by atoms with van der Waals surface area (Å²) >= 11 is 1.85. The van der Waals surface area contributed by atoms with Gasteiger partial charge in [-0.2, -0.15) is 0 Å². The average molecular weight is 724 g/mol. The second-order valence-corrected chi connectivity index (χ2v) is 15.3. The third kappa shape index (κ3) is 5.32. The molecule has 0 bridgehead atoms. The van der Waals surface area contributed by atoms with Gasteiger partial charge in [0.25, 0.3) is 0 Å². The Labute approximate surface area is 326 Å². The normalized spacial score (nSPS) is 14.6. The van der Waals surface area contributed by atoms with Crippen LogP contribution >= 0.6 is 11.8 Å². The third-order valence-corrected chi connectivity index (χ3v) is 12.3. The van der Waals surface area contributed by atoms with E-state index in [4.69, 9.17) is 15.0 Å². The molecule has 2 aliphatic carbocycles. The van der Waals surface area contributed by atoms with E-state index in [0.29, 0.717) is 0 Å². The molecule has 1 aromatic heterocycles. The number of aromatic nitrogens is 2. The van der Waals surface area contributed by atoms with Crippen LogP contribution in [0.3, 0.4) is 0 Å². The molecule has 55 heavy (non-hydrogen) atoms. The Hall–Kier alpha value is -6.36. The standard InChI is InChI=1S/C51H37N3S/c1-3-33-20-15-23-38(49(33)52-4-2)36-26-28-43-47(30-36)55-48-31-37(27-29-44(48)51(43)41-24-13-11-21-39(41)40-22-12-14-25-42(40)51)46-32-45(34-16-7-5-8-17-34)53-50(54-46)35-18-9-6-10-19-35/h3-9,11-18,20-32H,1,10,19H2,2H3. The molecule has 6 aromatic carbocycles. The molecule has 0 saturated carbocycles. The van der Waals surface area contributed by atoms with Crippen molar-refractivity contribution in [2.45, 2.75) is 35.0 Å². The van der Waals surface area contributed by atoms with Crippen molar-refractivity contribution >= 4 is 35.3 Å². The number of nitrogens with zero attached hydrogens (tertiary/aromatic N) is 3. The minimum Gasteiger partial charge on any atom is -0.260 e. The van der Waals surface area contributed by atoms with Gasteiger partial charge in [-0.1, -0.05) is 164 Å². The fourth-order valence-electron chi connectivity index (χ4n) is 8.76. The number of fused-ring (bicyclic) bond motifs is 9. The molecule has 10 rings (SSSR count). The Morgan fingerprint density at radius 1 is 0.636 bits per heavy atom. The lowest BCUT2D eigenvalue weighted by Crippen LogP contribution is -2.32. The molecule has 0 N–H and O–H groups in total. The van der Waals surface area contributed by atoms with E-state index in [9.17, 15) is 0 Å². The first-order chi connectivity index (χ1) is 27.2. The first-order valence-corrected chi connectivity index (χ1v) is 19.7. The highest BCUT2D eigenvalue weighted by Crippen LogP contribution is 2.62. The van der Waals surface area contributed by atoms with Crippen LogP contribution in [0.2, 0.25) is 0 Å². The Morgan fingerprint density at radius 2 is 1.27 bits per heavy atom. The van der Waals surface area contributed by atoms with Crippen LogP contribution in [0, 0.1) is 0 Å². The Balaban J connectivity index is 1.21. The van der Waals surface area contributed by atoms with Crippen LogP contribution in [0.1, 0.15) is 53.4 Å². The maximum Gasteiger partial charge on any atom is 0.156 e. The molecule has 0 saturated heterocycles. The van der Waals surface area contributed by atoms with E-state index in [0.717, 1.165) is 63.6 Å². The number of hydrogen-bond donors (Lipinski definition) is 0. The number of para-hydroxylation sites is 1. The highest BCUT2D eigenvalue weighted by Gasteiger charge is 2.50. The zero-order valence-corrected chi connectivity index (χ0v) is 31.4. The van der Waals surface area contributed by atoms with Gasteiger partial charge < -0.3 is 0 Å². The van der Waals surface area contributed by atoms with Gasteiger partial charge in [0.15, 0.2) is 5.82 Å². The number of hydrogen-bond acceptors (Lipinski definition) is 4. The zero-order chi connectivity index (χ0) is 36.9. The molecule has 0 amide bonds. The van der Waals surface area contributed by atoms with E-state index in [2.05, 4.69) is 158 Å². The quantitative estimate of drug-likeness (QED) is 0.160. The van der Waals surface area contributed by atoms with Crippen LogP contribution in [0.5, 0.6) is 0 Å². The predicted molar refractivity (Wildman–Crippen MR) is 230 cm³/mol. The molecule has 262 valence electrons. The van der Waals surface area contributed by atoms with Gasteiger partial charge >= 0.3 is 0 Å². The monoisotopic (exact) mass is 723 g/mol. The van der Waals surface area contributed by atoms with E-state index in [1.165, 1.54) is 48.7 Å². The fraction of sp³-hybridized carbons (Fsp3) is 0.0784. The largest absolute Gasteiger partial charge is 0.260 e. The van der Waals surface area contributed by atoms with Crippen molar-refractivity contribution in [3.8, 4) is 44.8 Å². The lowest BCUT2D eigenvalue weighted by Gasteiger charge is -2.40. The second-order valence-electron chi connectivity index (χ2n) is 14.2. The number of rotatable bonds is 6. The molecule has 0 fully saturated rings. The van der Waals surface area contributed by atoms with Gasteiger partial charge in [0.05, 0.1) is 22.5 Å². The minimum atomic E-state index is -0.487. The van der Waals surface area contributed by atoms with Crippen molar-refractivity contribution < 1.29 is 0 Å². The minimum absolute atomic E-state index is 0.487. The van der Waals surface area contributed by atoms with Crippen LogP contribution in [-0.2, 0) is 5.41 Å². The van der Waals surface area contributed by atoms with Gasteiger partial charge in [-0.3, -0.25) is 4.99 Å². The van der Waals surface area contributed by atoms with Crippen molar-refractivity contribution in [1.29, 1.82) is 0 Å². The summed E-state index contributed by atoms with van der Waals surface area (Å²) in [5.41, 5.74) is 16.7. The molecule has 0 unspecified atom stereocenters. The van der Waals surface area contributed by atoms with E-state index in [-0.39, 0.29) is 0 Å².